The van der Waals surface area contributed by atoms with Crippen molar-refractivity contribution in [1.29, 1.82) is 0 Å². The van der Waals surface area contributed by atoms with Crippen LogP contribution in [0.15, 0.2) is 84.9 Å². The molecular weight excluding hydrogens is 563 g/mol. The molecule has 0 aromatic heterocycles. The fraction of sp³-hybridized carbons (Fsp3) is 0.333. The third kappa shape index (κ3) is 7.82. The summed E-state index contributed by atoms with van der Waals surface area (Å²) in [6.45, 7) is 0.209. The summed E-state index contributed by atoms with van der Waals surface area (Å²) in [5.74, 6) is 0.330. The zero-order chi connectivity index (χ0) is 25.2. The van der Waals surface area contributed by atoms with Crippen molar-refractivity contribution < 1.29 is 14.3 Å². The van der Waals surface area contributed by atoms with E-state index in [-0.39, 0.29) is 24.5 Å². The Balaban J connectivity index is 1.58. The number of hydrogen-bond acceptors (Lipinski definition) is 3. The van der Waals surface area contributed by atoms with E-state index in [0.29, 0.717) is 18.7 Å². The standard InChI is InChI=1S/C30H33IN2O3/c31-25-16-18-27(19-17-25)36-22-29(34)33(21-24-12-6-2-7-13-24)28(20-23-10-4-1-5-11-23)30(35)32-26-14-8-3-9-15-26/h1-2,4-7,10-13,16-19,26,28H,3,8-9,14-15,20-22H2,(H,32,35). The molecule has 6 heteroatoms. The number of halogens is 1. The minimum atomic E-state index is -0.637. The zero-order valence-electron chi connectivity index (χ0n) is 20.4. The van der Waals surface area contributed by atoms with Gasteiger partial charge in [-0.05, 0) is 70.8 Å². The van der Waals surface area contributed by atoms with Crippen LogP contribution in [0.25, 0.3) is 0 Å². The maximum absolute atomic E-state index is 13.7. The third-order valence-electron chi connectivity index (χ3n) is 6.59. The normalized spacial score (nSPS) is 14.6. The van der Waals surface area contributed by atoms with E-state index >= 15 is 0 Å². The maximum Gasteiger partial charge on any atom is 0.261 e. The highest BCUT2D eigenvalue weighted by atomic mass is 127. The molecule has 1 atom stereocenters. The zero-order valence-corrected chi connectivity index (χ0v) is 22.6. The van der Waals surface area contributed by atoms with Crippen molar-refractivity contribution in [1.82, 2.24) is 10.2 Å². The molecule has 5 nitrogen and oxygen atoms in total. The molecular formula is C30H33IN2O3. The topological polar surface area (TPSA) is 58.6 Å². The summed E-state index contributed by atoms with van der Waals surface area (Å²) in [6.07, 6.45) is 5.91. The van der Waals surface area contributed by atoms with Crippen LogP contribution in [0.5, 0.6) is 5.75 Å². The molecule has 1 saturated carbocycles. The Labute approximate surface area is 227 Å². The van der Waals surface area contributed by atoms with Crippen molar-refractivity contribution in [2.75, 3.05) is 6.61 Å². The van der Waals surface area contributed by atoms with Gasteiger partial charge in [0.2, 0.25) is 5.91 Å². The third-order valence-corrected chi connectivity index (χ3v) is 7.31. The van der Waals surface area contributed by atoms with Crippen LogP contribution < -0.4 is 10.1 Å². The van der Waals surface area contributed by atoms with E-state index in [1.165, 1.54) is 6.42 Å². The van der Waals surface area contributed by atoms with Gasteiger partial charge in [0.15, 0.2) is 6.61 Å². The van der Waals surface area contributed by atoms with Gasteiger partial charge in [-0.2, -0.15) is 0 Å². The van der Waals surface area contributed by atoms with Crippen LogP contribution in [-0.2, 0) is 22.6 Å². The Hall–Kier alpha value is -2.87. The molecule has 1 aliphatic carbocycles. The largest absolute Gasteiger partial charge is 0.484 e. The summed E-state index contributed by atoms with van der Waals surface area (Å²) < 4.78 is 6.94. The average molecular weight is 597 g/mol. The van der Waals surface area contributed by atoms with Crippen molar-refractivity contribution in [3.63, 3.8) is 0 Å². The number of nitrogens with one attached hydrogen (secondary N) is 1. The summed E-state index contributed by atoms with van der Waals surface area (Å²) in [5.41, 5.74) is 1.99. The molecule has 3 aromatic rings. The molecule has 0 spiro atoms. The number of carbonyl (C=O) groups excluding carboxylic acids is 2. The van der Waals surface area contributed by atoms with Gasteiger partial charge >= 0.3 is 0 Å². The van der Waals surface area contributed by atoms with Gasteiger partial charge in [-0.1, -0.05) is 79.9 Å². The first kappa shape index (κ1) is 26.2. The van der Waals surface area contributed by atoms with Crippen LogP contribution in [0.3, 0.4) is 0 Å². The monoisotopic (exact) mass is 596 g/mol. The van der Waals surface area contributed by atoms with E-state index in [4.69, 9.17) is 4.74 Å². The van der Waals surface area contributed by atoms with Crippen molar-refractivity contribution in [3.05, 3.63) is 99.6 Å². The summed E-state index contributed by atoms with van der Waals surface area (Å²) in [7, 11) is 0. The lowest BCUT2D eigenvalue weighted by atomic mass is 9.94. The van der Waals surface area contributed by atoms with E-state index < -0.39 is 6.04 Å². The summed E-state index contributed by atoms with van der Waals surface area (Å²) in [6, 6.07) is 26.9. The molecule has 0 bridgehead atoms. The fourth-order valence-electron chi connectivity index (χ4n) is 4.64. The highest BCUT2D eigenvalue weighted by molar-refractivity contribution is 14.1. The van der Waals surface area contributed by atoms with Crippen LogP contribution in [0, 0.1) is 3.57 Å². The Morgan fingerprint density at radius 3 is 2.11 bits per heavy atom. The van der Waals surface area contributed by atoms with Crippen molar-refractivity contribution >= 4 is 34.4 Å². The molecule has 188 valence electrons. The van der Waals surface area contributed by atoms with Gasteiger partial charge in [0.25, 0.3) is 5.91 Å². The maximum atomic E-state index is 13.7. The van der Waals surface area contributed by atoms with Crippen molar-refractivity contribution in [2.24, 2.45) is 0 Å². The molecule has 1 N–H and O–H groups in total. The van der Waals surface area contributed by atoms with E-state index in [1.807, 2.05) is 84.9 Å². The van der Waals surface area contributed by atoms with Gasteiger partial charge in [0.05, 0.1) is 0 Å². The Bertz CT molecular complexity index is 1100. The molecule has 1 aliphatic rings. The van der Waals surface area contributed by atoms with Crippen LogP contribution in [-0.4, -0.2) is 35.4 Å². The Morgan fingerprint density at radius 1 is 0.861 bits per heavy atom. The Kier molecular flexibility index (Phi) is 9.78. The van der Waals surface area contributed by atoms with Crippen LogP contribution in [0.1, 0.15) is 43.2 Å². The van der Waals surface area contributed by atoms with E-state index in [2.05, 4.69) is 27.9 Å². The second-order valence-electron chi connectivity index (χ2n) is 9.30. The minimum absolute atomic E-state index is 0.0932. The number of carbonyl (C=O) groups is 2. The summed E-state index contributed by atoms with van der Waals surface area (Å²) in [4.78, 5) is 29.0. The number of rotatable bonds is 10. The first-order chi connectivity index (χ1) is 17.6. The summed E-state index contributed by atoms with van der Waals surface area (Å²) >= 11 is 2.23. The lowest BCUT2D eigenvalue weighted by Crippen LogP contribution is -2.53. The summed E-state index contributed by atoms with van der Waals surface area (Å²) in [5, 5.41) is 3.27. The fourth-order valence-corrected chi connectivity index (χ4v) is 5.00. The first-order valence-electron chi connectivity index (χ1n) is 12.6. The van der Waals surface area contributed by atoms with Gasteiger partial charge in [0.1, 0.15) is 11.8 Å². The van der Waals surface area contributed by atoms with Crippen LogP contribution in [0.2, 0.25) is 0 Å². The smallest absolute Gasteiger partial charge is 0.261 e. The van der Waals surface area contributed by atoms with Crippen molar-refractivity contribution in [3.8, 4) is 5.75 Å². The molecule has 1 fully saturated rings. The number of hydrogen-bond donors (Lipinski definition) is 1. The predicted molar refractivity (Wildman–Crippen MR) is 151 cm³/mol. The lowest BCUT2D eigenvalue weighted by molar-refractivity contribution is -0.143. The molecule has 0 heterocycles. The minimum Gasteiger partial charge on any atom is -0.484 e. The van der Waals surface area contributed by atoms with E-state index in [1.54, 1.807) is 4.90 Å². The number of ether oxygens (including phenoxy) is 1. The molecule has 36 heavy (non-hydrogen) atoms. The van der Waals surface area contributed by atoms with Crippen molar-refractivity contribution in [2.45, 2.75) is 57.2 Å². The quantitative estimate of drug-likeness (QED) is 0.303. The first-order valence-corrected chi connectivity index (χ1v) is 13.7. The van der Waals surface area contributed by atoms with Gasteiger partial charge < -0.3 is 15.0 Å². The Morgan fingerprint density at radius 2 is 1.47 bits per heavy atom. The van der Waals surface area contributed by atoms with Gasteiger partial charge in [-0.3, -0.25) is 9.59 Å². The highest BCUT2D eigenvalue weighted by Gasteiger charge is 2.32. The second kappa shape index (κ2) is 13.4. The second-order valence-corrected chi connectivity index (χ2v) is 10.5. The molecule has 2 amide bonds. The molecule has 0 saturated heterocycles. The molecule has 1 unspecified atom stereocenters. The molecule has 0 aliphatic heterocycles. The molecule has 3 aromatic carbocycles. The average Bonchev–Trinajstić information content (AvgIpc) is 2.92. The molecule has 0 radical (unpaired) electrons. The number of nitrogens with zero attached hydrogens (tertiary/aromatic N) is 1. The highest BCUT2D eigenvalue weighted by Crippen LogP contribution is 2.20. The van der Waals surface area contributed by atoms with Crippen LogP contribution >= 0.6 is 22.6 Å². The number of amides is 2. The predicted octanol–water partition coefficient (Wildman–Crippen LogP) is 5.76. The van der Waals surface area contributed by atoms with E-state index in [9.17, 15) is 9.59 Å². The lowest BCUT2D eigenvalue weighted by Gasteiger charge is -2.33. The SMILES string of the molecule is O=C(NC1CCCCC1)C(Cc1ccccc1)N(Cc1ccccc1)C(=O)COc1ccc(I)cc1. The van der Waals surface area contributed by atoms with Crippen LogP contribution in [0.4, 0.5) is 0 Å². The van der Waals surface area contributed by atoms with E-state index in [0.717, 1.165) is 40.4 Å². The number of benzene rings is 3. The van der Waals surface area contributed by atoms with Gasteiger partial charge in [0, 0.05) is 22.6 Å². The van der Waals surface area contributed by atoms with Gasteiger partial charge in [-0.25, -0.2) is 0 Å². The molecule has 4 rings (SSSR count). The van der Waals surface area contributed by atoms with Gasteiger partial charge in [-0.15, -0.1) is 0 Å².